The molecule has 0 radical (unpaired) electrons. The van der Waals surface area contributed by atoms with Gasteiger partial charge >= 0.3 is 0 Å². The zero-order chi connectivity index (χ0) is 23.1. The number of aryl methyl sites for hydroxylation is 3. The smallest absolute Gasteiger partial charge is 0.293 e. The zero-order valence-corrected chi connectivity index (χ0v) is 20.2. The summed E-state index contributed by atoms with van der Waals surface area (Å²) in [6.07, 6.45) is 5.52. The number of hydrogen-bond donors (Lipinski definition) is 0. The number of rotatable bonds is 5. The van der Waals surface area contributed by atoms with Crippen LogP contribution >= 0.6 is 0 Å². The van der Waals surface area contributed by atoms with Crippen LogP contribution in [-0.2, 0) is 7.05 Å². The lowest BCUT2D eigenvalue weighted by Crippen LogP contribution is -2.29. The quantitative estimate of drug-likeness (QED) is 0.303. The molecule has 4 aromatic rings. The van der Waals surface area contributed by atoms with Crippen molar-refractivity contribution < 1.29 is 9.30 Å². The minimum absolute atomic E-state index is 0.849. The van der Waals surface area contributed by atoms with E-state index < -0.39 is 0 Å². The monoisotopic (exact) mass is 427 g/mol. The normalized spacial score (nSPS) is 10.6. The maximum Gasteiger partial charge on any atom is 0.293 e. The summed E-state index contributed by atoms with van der Waals surface area (Å²) in [6, 6.07) is 24.6. The van der Waals surface area contributed by atoms with Gasteiger partial charge in [-0.15, -0.1) is 0 Å². The number of nitrogens with zero attached hydrogens (tertiary/aromatic N) is 2. The molecule has 0 saturated heterocycles. The summed E-state index contributed by atoms with van der Waals surface area (Å²) < 4.78 is 10.4. The van der Waals surface area contributed by atoms with Gasteiger partial charge < -0.3 is 4.74 Å². The van der Waals surface area contributed by atoms with Crippen molar-refractivity contribution in [1.29, 1.82) is 0 Å². The van der Waals surface area contributed by atoms with E-state index in [0.29, 0.717) is 0 Å². The Bertz CT molecular complexity index is 1110. The Hall–Kier alpha value is -3.33. The lowest BCUT2D eigenvalue weighted by molar-refractivity contribution is -0.659. The number of ether oxygens (including phenoxy) is 1. The van der Waals surface area contributed by atoms with Gasteiger partial charge in [-0.05, 0) is 56.2 Å². The van der Waals surface area contributed by atoms with Crippen LogP contribution in [0.3, 0.4) is 0 Å². The van der Waals surface area contributed by atoms with Crippen LogP contribution in [0.2, 0.25) is 0 Å². The molecule has 0 aliphatic carbocycles. The molecule has 1 aromatic heterocycles. The predicted octanol–water partition coefficient (Wildman–Crippen LogP) is 7.43. The topological polar surface area (TPSA) is 18.0 Å². The van der Waals surface area contributed by atoms with E-state index in [2.05, 4.69) is 99.6 Å². The first kappa shape index (κ1) is 23.3. The van der Waals surface area contributed by atoms with Crippen molar-refractivity contribution in [1.82, 2.24) is 4.57 Å². The van der Waals surface area contributed by atoms with E-state index in [1.54, 1.807) is 0 Å². The maximum absolute atomic E-state index is 6.04. The second kappa shape index (κ2) is 10.8. The molecule has 0 spiro atoms. The molecule has 4 rings (SSSR count). The van der Waals surface area contributed by atoms with Gasteiger partial charge in [0.2, 0.25) is 0 Å². The Labute approximate surface area is 192 Å². The number of para-hydroxylation sites is 1. The van der Waals surface area contributed by atoms with Crippen molar-refractivity contribution in [3.05, 3.63) is 96.3 Å². The van der Waals surface area contributed by atoms with Gasteiger partial charge in [-0.1, -0.05) is 63.6 Å². The summed E-state index contributed by atoms with van der Waals surface area (Å²) in [5.41, 5.74) is 4.73. The Kier molecular flexibility index (Phi) is 7.88. The lowest BCUT2D eigenvalue weighted by Gasteiger charge is -2.12. The first-order valence-electron chi connectivity index (χ1n) is 11.4. The van der Waals surface area contributed by atoms with E-state index in [1.807, 2.05) is 36.4 Å². The molecule has 32 heavy (non-hydrogen) atoms. The van der Waals surface area contributed by atoms with Gasteiger partial charge in [0.15, 0.2) is 0 Å². The minimum Gasteiger partial charge on any atom is -0.457 e. The third-order valence-electron chi connectivity index (χ3n) is 5.53. The molecule has 3 nitrogen and oxygen atoms in total. The van der Waals surface area contributed by atoms with Gasteiger partial charge in [-0.2, -0.15) is 4.57 Å². The molecule has 0 amide bonds. The maximum atomic E-state index is 6.04. The van der Waals surface area contributed by atoms with Crippen LogP contribution in [0.5, 0.6) is 11.5 Å². The molecule has 0 N–H and O–H groups in total. The van der Waals surface area contributed by atoms with Crippen molar-refractivity contribution in [2.75, 3.05) is 0 Å². The van der Waals surface area contributed by atoms with Crippen LogP contribution in [0.25, 0.3) is 17.1 Å². The van der Waals surface area contributed by atoms with Crippen molar-refractivity contribution >= 4 is 0 Å². The van der Waals surface area contributed by atoms with Gasteiger partial charge in [-0.3, -0.25) is 0 Å². The molecule has 0 fully saturated rings. The second-order valence-electron chi connectivity index (χ2n) is 8.59. The molecule has 1 heterocycles. The minimum atomic E-state index is 0.849. The molecule has 0 atom stereocenters. The average molecular weight is 428 g/mol. The highest BCUT2D eigenvalue weighted by molar-refractivity contribution is 5.60. The molecular formula is C29H35N2O+. The first-order chi connectivity index (χ1) is 15.4. The summed E-state index contributed by atoms with van der Waals surface area (Å²) in [5, 5.41) is 0. The molecule has 0 aliphatic heterocycles. The highest BCUT2D eigenvalue weighted by Crippen LogP contribution is 2.30. The molecule has 3 aromatic carbocycles. The molecule has 166 valence electrons. The molecular weight excluding hydrogens is 392 g/mol. The standard InChI is InChI=1S/C24H23N2O.C5H12/c1-18-16-22(27-21-12-8-5-9-13-21)17-19(2)23(18)26-15-14-25(3)24(26)20-10-6-4-7-11-20;1-4-5(2)3/h4-17H,1-3H3;5H,4H2,1-3H3/q+1;. The lowest BCUT2D eigenvalue weighted by atomic mass is 10.1. The largest absolute Gasteiger partial charge is 0.457 e. The number of hydrogen-bond acceptors (Lipinski definition) is 1. The molecule has 0 saturated carbocycles. The van der Waals surface area contributed by atoms with Gasteiger partial charge in [-0.25, -0.2) is 4.57 Å². The third-order valence-corrected chi connectivity index (χ3v) is 5.53. The zero-order valence-electron chi connectivity index (χ0n) is 20.2. The van der Waals surface area contributed by atoms with Crippen LogP contribution in [0.15, 0.2) is 85.2 Å². The fraction of sp³-hybridized carbons (Fsp3) is 0.276. The second-order valence-corrected chi connectivity index (χ2v) is 8.59. The Morgan fingerprint density at radius 2 is 1.38 bits per heavy atom. The van der Waals surface area contributed by atoms with E-state index >= 15 is 0 Å². The summed E-state index contributed by atoms with van der Waals surface area (Å²) in [4.78, 5) is 0. The SMILES string of the molecule is CCC(C)C.Cc1cc(Oc2ccccc2)cc(C)c1-n1cc[n+](C)c1-c1ccccc1. The van der Waals surface area contributed by atoms with E-state index in [4.69, 9.17) is 4.74 Å². The van der Waals surface area contributed by atoms with E-state index in [9.17, 15) is 0 Å². The van der Waals surface area contributed by atoms with Crippen LogP contribution in [0.1, 0.15) is 38.3 Å². The summed E-state index contributed by atoms with van der Waals surface area (Å²) in [5.74, 6) is 3.74. The molecule has 0 unspecified atom stereocenters. The fourth-order valence-electron chi connectivity index (χ4n) is 3.57. The van der Waals surface area contributed by atoms with Gasteiger partial charge in [0.25, 0.3) is 5.82 Å². The average Bonchev–Trinajstić information content (AvgIpc) is 3.16. The summed E-state index contributed by atoms with van der Waals surface area (Å²) >= 11 is 0. The van der Waals surface area contributed by atoms with Crippen LogP contribution < -0.4 is 9.30 Å². The van der Waals surface area contributed by atoms with Gasteiger partial charge in [0.1, 0.15) is 29.6 Å². The van der Waals surface area contributed by atoms with E-state index in [-0.39, 0.29) is 0 Å². The summed E-state index contributed by atoms with van der Waals surface area (Å²) in [7, 11) is 2.08. The van der Waals surface area contributed by atoms with E-state index in [0.717, 1.165) is 23.2 Å². The number of imidazole rings is 1. The Morgan fingerprint density at radius 1 is 0.844 bits per heavy atom. The highest BCUT2D eigenvalue weighted by atomic mass is 16.5. The number of aromatic nitrogens is 2. The van der Waals surface area contributed by atoms with Crippen LogP contribution in [0.4, 0.5) is 0 Å². The van der Waals surface area contributed by atoms with Gasteiger partial charge in [0.05, 0.1) is 12.6 Å². The van der Waals surface area contributed by atoms with Crippen molar-refractivity contribution in [2.45, 2.75) is 41.0 Å². The highest BCUT2D eigenvalue weighted by Gasteiger charge is 2.22. The third kappa shape index (κ3) is 5.67. The number of benzene rings is 3. The van der Waals surface area contributed by atoms with Crippen molar-refractivity contribution in [3.8, 4) is 28.6 Å². The van der Waals surface area contributed by atoms with Crippen LogP contribution in [-0.4, -0.2) is 4.57 Å². The van der Waals surface area contributed by atoms with Crippen molar-refractivity contribution in [3.63, 3.8) is 0 Å². The summed E-state index contributed by atoms with van der Waals surface area (Å²) in [6.45, 7) is 10.9. The predicted molar refractivity (Wildman–Crippen MR) is 133 cm³/mol. The van der Waals surface area contributed by atoms with Crippen LogP contribution in [0, 0.1) is 19.8 Å². The first-order valence-corrected chi connectivity index (χ1v) is 11.4. The van der Waals surface area contributed by atoms with Gasteiger partial charge in [0, 0.05) is 11.1 Å². The Morgan fingerprint density at radius 3 is 1.91 bits per heavy atom. The van der Waals surface area contributed by atoms with Crippen molar-refractivity contribution in [2.24, 2.45) is 13.0 Å². The molecule has 0 bridgehead atoms. The molecule has 0 aliphatic rings. The fourth-order valence-corrected chi connectivity index (χ4v) is 3.57. The Balaban J connectivity index is 0.000000523. The molecule has 3 heteroatoms. The van der Waals surface area contributed by atoms with E-state index in [1.165, 1.54) is 28.8 Å².